The number of carbonyl (C=O) groups is 2. The van der Waals surface area contributed by atoms with Crippen LogP contribution in [-0.2, 0) is 14.3 Å². The van der Waals surface area contributed by atoms with Crippen LogP contribution in [0.5, 0.6) is 0 Å². The Morgan fingerprint density at radius 1 is 1.12 bits per heavy atom. The average Bonchev–Trinajstić information content (AvgIpc) is 2.60. The molecule has 124 valence electrons. The Bertz CT molecular complexity index is 751. The molecule has 1 N–H and O–H groups in total. The summed E-state index contributed by atoms with van der Waals surface area (Å²) in [6.07, 6.45) is 0. The molecule has 0 saturated heterocycles. The summed E-state index contributed by atoms with van der Waals surface area (Å²) >= 11 is 7.11. The molecule has 0 aliphatic rings. The normalized spacial score (nSPS) is 11.0. The van der Waals surface area contributed by atoms with Crippen LogP contribution in [0.15, 0.2) is 64.6 Å². The van der Waals surface area contributed by atoms with E-state index in [4.69, 9.17) is 16.3 Å². The Morgan fingerprint density at radius 3 is 2.46 bits per heavy atom. The molecule has 0 amide bonds. The van der Waals surface area contributed by atoms with E-state index in [1.807, 2.05) is 30.3 Å². The highest BCUT2D eigenvalue weighted by molar-refractivity contribution is 8.16. The zero-order valence-electron chi connectivity index (χ0n) is 12.9. The smallest absolute Gasteiger partial charge is 0.382 e. The molecule has 0 bridgehead atoms. The number of esters is 1. The number of Topliss-reactive ketones (excluding diaryl/α,β-unsaturated/α-hetero) is 1. The van der Waals surface area contributed by atoms with Gasteiger partial charge in [-0.3, -0.25) is 10.2 Å². The molecule has 2 rings (SSSR count). The fourth-order valence-electron chi connectivity index (χ4n) is 1.67. The van der Waals surface area contributed by atoms with Gasteiger partial charge in [-0.25, -0.2) is 4.79 Å². The number of hydrogen-bond donors (Lipinski definition) is 1. The van der Waals surface area contributed by atoms with E-state index >= 15 is 0 Å². The van der Waals surface area contributed by atoms with E-state index < -0.39 is 11.8 Å². The molecular weight excluding hydrogens is 348 g/mol. The number of carbonyl (C=O) groups excluding carboxylic acids is 2. The number of hydrazone groups is 1. The second kappa shape index (κ2) is 9.10. The minimum Gasteiger partial charge on any atom is -0.460 e. The third kappa shape index (κ3) is 5.11. The SMILES string of the molecule is CCOC(=O)C(=O)/C(=N/Nc1ccccc1Cl)Sc1ccccc1. The van der Waals surface area contributed by atoms with Crippen LogP contribution in [0.3, 0.4) is 0 Å². The van der Waals surface area contributed by atoms with Crippen molar-refractivity contribution in [3.8, 4) is 0 Å². The molecule has 0 unspecified atom stereocenters. The molecule has 0 spiro atoms. The number of nitrogens with one attached hydrogen (secondary N) is 1. The summed E-state index contributed by atoms with van der Waals surface area (Å²) in [5, 5.41) is 4.47. The summed E-state index contributed by atoms with van der Waals surface area (Å²) in [4.78, 5) is 24.8. The van der Waals surface area contributed by atoms with Crippen LogP contribution in [-0.4, -0.2) is 23.4 Å². The van der Waals surface area contributed by atoms with Crippen LogP contribution < -0.4 is 5.43 Å². The molecule has 0 fully saturated rings. The third-order valence-corrected chi connectivity index (χ3v) is 4.07. The van der Waals surface area contributed by atoms with Gasteiger partial charge in [0.15, 0.2) is 5.04 Å². The van der Waals surface area contributed by atoms with Gasteiger partial charge in [-0.15, -0.1) is 0 Å². The van der Waals surface area contributed by atoms with Crippen LogP contribution in [0.1, 0.15) is 6.92 Å². The van der Waals surface area contributed by atoms with Gasteiger partial charge in [-0.2, -0.15) is 5.10 Å². The molecule has 0 atom stereocenters. The lowest BCUT2D eigenvalue weighted by Gasteiger charge is -2.07. The first kappa shape index (κ1) is 18.0. The number of ether oxygens (including phenoxy) is 1. The van der Waals surface area contributed by atoms with E-state index in [9.17, 15) is 9.59 Å². The van der Waals surface area contributed by atoms with Crippen molar-refractivity contribution in [3.05, 3.63) is 59.6 Å². The van der Waals surface area contributed by atoms with Crippen molar-refractivity contribution in [2.24, 2.45) is 5.10 Å². The highest BCUT2D eigenvalue weighted by Crippen LogP contribution is 2.23. The fraction of sp³-hybridized carbons (Fsp3) is 0.118. The number of nitrogens with zero attached hydrogens (tertiary/aromatic N) is 1. The summed E-state index contributed by atoms with van der Waals surface area (Å²) < 4.78 is 4.76. The van der Waals surface area contributed by atoms with Crippen molar-refractivity contribution in [2.75, 3.05) is 12.0 Å². The molecule has 24 heavy (non-hydrogen) atoms. The predicted octanol–water partition coefficient (Wildman–Crippen LogP) is 3.99. The second-order valence-corrected chi connectivity index (χ2v) is 5.94. The third-order valence-electron chi connectivity index (χ3n) is 2.76. The Kier molecular flexibility index (Phi) is 6.84. The zero-order valence-corrected chi connectivity index (χ0v) is 14.4. The van der Waals surface area contributed by atoms with Gasteiger partial charge < -0.3 is 4.74 Å². The van der Waals surface area contributed by atoms with Crippen molar-refractivity contribution in [2.45, 2.75) is 11.8 Å². The van der Waals surface area contributed by atoms with Crippen LogP contribution in [0, 0.1) is 0 Å². The minimum atomic E-state index is -0.944. The molecule has 0 heterocycles. The number of rotatable bonds is 6. The number of thioether (sulfide) groups is 1. The molecule has 5 nitrogen and oxygen atoms in total. The van der Waals surface area contributed by atoms with Crippen molar-refractivity contribution < 1.29 is 14.3 Å². The molecule has 2 aromatic rings. The second-order valence-electron chi connectivity index (χ2n) is 4.47. The molecule has 0 aliphatic heterocycles. The Morgan fingerprint density at radius 2 is 1.79 bits per heavy atom. The molecule has 0 radical (unpaired) electrons. The number of para-hydroxylation sites is 1. The van der Waals surface area contributed by atoms with Crippen molar-refractivity contribution in [1.29, 1.82) is 0 Å². The van der Waals surface area contributed by atoms with Crippen LogP contribution in [0.25, 0.3) is 0 Å². The number of benzene rings is 2. The Labute approximate surface area is 149 Å². The number of hydrogen-bond acceptors (Lipinski definition) is 6. The molecular formula is C17H15ClN2O3S. The van der Waals surface area contributed by atoms with Crippen LogP contribution in [0.4, 0.5) is 5.69 Å². The lowest BCUT2D eigenvalue weighted by atomic mass is 10.3. The van der Waals surface area contributed by atoms with Gasteiger partial charge in [0.2, 0.25) is 0 Å². The monoisotopic (exact) mass is 362 g/mol. The number of ketones is 1. The van der Waals surface area contributed by atoms with Crippen molar-refractivity contribution in [3.63, 3.8) is 0 Å². The summed E-state index contributed by atoms with van der Waals surface area (Å²) in [6, 6.07) is 16.1. The quantitative estimate of drug-likeness (QED) is 0.210. The van der Waals surface area contributed by atoms with Crippen molar-refractivity contribution in [1.82, 2.24) is 0 Å². The lowest BCUT2D eigenvalue weighted by Crippen LogP contribution is -2.25. The minimum absolute atomic E-state index is 0.0282. The van der Waals surface area contributed by atoms with E-state index in [2.05, 4.69) is 10.5 Å². The standard InChI is InChI=1S/C17H15ClN2O3S/c1-2-23-17(22)15(21)16(24-12-8-4-3-5-9-12)20-19-14-11-7-6-10-13(14)18/h3-11,19H,2H2,1H3/b20-16-. The first-order valence-electron chi connectivity index (χ1n) is 7.14. The van der Waals surface area contributed by atoms with Gasteiger partial charge in [-0.1, -0.05) is 53.7 Å². The Balaban J connectivity index is 2.24. The maximum Gasteiger partial charge on any atom is 0.382 e. The lowest BCUT2D eigenvalue weighted by molar-refractivity contribution is -0.150. The molecule has 0 aliphatic carbocycles. The van der Waals surface area contributed by atoms with Gasteiger partial charge >= 0.3 is 5.97 Å². The van der Waals surface area contributed by atoms with Gasteiger partial charge in [0, 0.05) is 4.90 Å². The fourth-order valence-corrected chi connectivity index (χ4v) is 2.63. The first-order chi connectivity index (χ1) is 11.6. The van der Waals surface area contributed by atoms with E-state index in [-0.39, 0.29) is 11.7 Å². The van der Waals surface area contributed by atoms with Gasteiger partial charge in [-0.05, 0) is 31.2 Å². The molecule has 0 aromatic heterocycles. The highest BCUT2D eigenvalue weighted by Gasteiger charge is 2.23. The summed E-state index contributed by atoms with van der Waals surface area (Å²) in [6.45, 7) is 1.75. The Hall–Kier alpha value is -2.31. The van der Waals surface area contributed by atoms with Crippen molar-refractivity contribution >= 4 is 45.8 Å². The first-order valence-corrected chi connectivity index (χ1v) is 8.34. The zero-order chi connectivity index (χ0) is 17.4. The molecule has 2 aromatic carbocycles. The van der Waals surface area contributed by atoms with E-state index in [0.717, 1.165) is 16.7 Å². The van der Waals surface area contributed by atoms with E-state index in [0.29, 0.717) is 10.7 Å². The number of anilines is 1. The topological polar surface area (TPSA) is 67.8 Å². The van der Waals surface area contributed by atoms with E-state index in [1.165, 1.54) is 0 Å². The summed E-state index contributed by atoms with van der Waals surface area (Å²) in [7, 11) is 0. The maximum atomic E-state index is 12.2. The largest absolute Gasteiger partial charge is 0.460 e. The molecule has 0 saturated carbocycles. The van der Waals surface area contributed by atoms with Gasteiger partial charge in [0.25, 0.3) is 5.78 Å². The van der Waals surface area contributed by atoms with E-state index in [1.54, 1.807) is 31.2 Å². The maximum absolute atomic E-state index is 12.2. The summed E-state index contributed by atoms with van der Waals surface area (Å²) in [5.41, 5.74) is 3.25. The predicted molar refractivity (Wildman–Crippen MR) is 96.4 cm³/mol. The average molecular weight is 363 g/mol. The van der Waals surface area contributed by atoms with Gasteiger partial charge in [0.05, 0.1) is 17.3 Å². The highest BCUT2D eigenvalue weighted by atomic mass is 35.5. The molecule has 7 heteroatoms. The van der Waals surface area contributed by atoms with Crippen LogP contribution >= 0.6 is 23.4 Å². The summed E-state index contributed by atoms with van der Waals surface area (Å²) in [5.74, 6) is -1.76. The van der Waals surface area contributed by atoms with Gasteiger partial charge in [0.1, 0.15) is 0 Å². The number of halogens is 1. The van der Waals surface area contributed by atoms with Crippen LogP contribution in [0.2, 0.25) is 5.02 Å².